The van der Waals surface area contributed by atoms with E-state index in [-0.39, 0.29) is 23.4 Å². The summed E-state index contributed by atoms with van der Waals surface area (Å²) in [5, 5.41) is 5.23. The van der Waals surface area contributed by atoms with Crippen LogP contribution in [0.4, 0.5) is 0 Å². The lowest BCUT2D eigenvalue weighted by molar-refractivity contribution is -0.125. The van der Waals surface area contributed by atoms with Gasteiger partial charge in [-0.05, 0) is 62.8 Å². The first-order chi connectivity index (χ1) is 11.7. The predicted molar refractivity (Wildman–Crippen MR) is 94.4 cm³/mol. The fourth-order valence-electron chi connectivity index (χ4n) is 2.39. The topological polar surface area (TPSA) is 104 Å². The summed E-state index contributed by atoms with van der Waals surface area (Å²) in [7, 11) is -3.77. The molecule has 2 amide bonds. The number of hydrogen-bond donors (Lipinski definition) is 3. The van der Waals surface area contributed by atoms with Gasteiger partial charge >= 0.3 is 0 Å². The molecule has 0 radical (unpaired) electrons. The summed E-state index contributed by atoms with van der Waals surface area (Å²) >= 11 is 0. The molecule has 0 spiro atoms. The third-order valence-electron chi connectivity index (χ3n) is 4.38. The van der Waals surface area contributed by atoms with E-state index in [1.807, 2.05) is 20.8 Å². The number of carbonyl (C=O) groups excluding carboxylic acids is 2. The van der Waals surface area contributed by atoms with E-state index in [0.29, 0.717) is 5.92 Å². The van der Waals surface area contributed by atoms with Gasteiger partial charge in [-0.15, -0.1) is 0 Å². The van der Waals surface area contributed by atoms with Gasteiger partial charge < -0.3 is 10.6 Å². The van der Waals surface area contributed by atoms with E-state index in [4.69, 9.17) is 0 Å². The van der Waals surface area contributed by atoms with Crippen LogP contribution in [0.25, 0.3) is 0 Å². The molecule has 1 aromatic carbocycles. The minimum Gasteiger partial charge on any atom is -0.352 e. The van der Waals surface area contributed by atoms with Crippen LogP contribution in [-0.2, 0) is 19.6 Å². The third-order valence-corrected chi connectivity index (χ3v) is 5.77. The first kappa shape index (κ1) is 19.4. The average molecular weight is 367 g/mol. The van der Waals surface area contributed by atoms with Crippen LogP contribution in [0.3, 0.4) is 0 Å². The molecule has 25 heavy (non-hydrogen) atoms. The molecule has 8 heteroatoms. The van der Waals surface area contributed by atoms with Crippen LogP contribution in [0.5, 0.6) is 0 Å². The van der Waals surface area contributed by atoms with E-state index in [1.54, 1.807) is 12.1 Å². The summed E-state index contributed by atoms with van der Waals surface area (Å²) in [6.45, 7) is 5.07. The van der Waals surface area contributed by atoms with Crippen molar-refractivity contribution in [1.82, 2.24) is 15.4 Å². The van der Waals surface area contributed by atoms with Gasteiger partial charge in [0.15, 0.2) is 0 Å². The molecule has 1 fully saturated rings. The predicted octanol–water partition coefficient (Wildman–Crippen LogP) is 0.613. The molecule has 1 aliphatic rings. The quantitative estimate of drug-likeness (QED) is 0.626. The first-order valence-corrected chi connectivity index (χ1v) is 9.80. The van der Waals surface area contributed by atoms with E-state index in [9.17, 15) is 18.0 Å². The average Bonchev–Trinajstić information content (AvgIpc) is 3.38. The zero-order valence-corrected chi connectivity index (χ0v) is 15.6. The number of amides is 2. The number of aryl methyl sites for hydroxylation is 2. The molecular formula is C17H25N3O4S. The van der Waals surface area contributed by atoms with E-state index in [0.717, 1.165) is 24.0 Å². The van der Waals surface area contributed by atoms with Crippen LogP contribution in [0.2, 0.25) is 0 Å². The van der Waals surface area contributed by atoms with Crippen molar-refractivity contribution in [3.8, 4) is 0 Å². The van der Waals surface area contributed by atoms with Crippen molar-refractivity contribution >= 4 is 21.8 Å². The second-order valence-corrected chi connectivity index (χ2v) is 8.31. The smallest absolute Gasteiger partial charge is 0.241 e. The summed E-state index contributed by atoms with van der Waals surface area (Å²) in [5.74, 6) is -0.296. The van der Waals surface area contributed by atoms with E-state index in [1.165, 1.54) is 6.07 Å². The second kappa shape index (κ2) is 7.97. The Morgan fingerprint density at radius 2 is 1.80 bits per heavy atom. The maximum Gasteiger partial charge on any atom is 0.241 e. The highest BCUT2D eigenvalue weighted by molar-refractivity contribution is 7.89. The van der Waals surface area contributed by atoms with Crippen LogP contribution < -0.4 is 15.4 Å². The molecule has 1 aliphatic carbocycles. The largest absolute Gasteiger partial charge is 0.352 e. The lowest BCUT2D eigenvalue weighted by Gasteiger charge is -2.13. The Hall–Kier alpha value is -1.93. The van der Waals surface area contributed by atoms with Gasteiger partial charge in [-0.25, -0.2) is 13.1 Å². The lowest BCUT2D eigenvalue weighted by Crippen LogP contribution is -2.44. The molecule has 2 rings (SSSR count). The number of rotatable bonds is 8. The molecule has 0 unspecified atom stereocenters. The van der Waals surface area contributed by atoms with Crippen molar-refractivity contribution in [2.75, 3.05) is 13.1 Å². The van der Waals surface area contributed by atoms with Gasteiger partial charge in [0.1, 0.15) is 0 Å². The normalized spacial score (nSPS) is 15.5. The minimum atomic E-state index is -3.77. The molecule has 7 nitrogen and oxygen atoms in total. The zero-order valence-electron chi connectivity index (χ0n) is 14.8. The Labute approximate surface area is 148 Å². The summed E-state index contributed by atoms with van der Waals surface area (Å²) < 4.78 is 26.6. The molecule has 0 aromatic heterocycles. The molecular weight excluding hydrogens is 342 g/mol. The lowest BCUT2D eigenvalue weighted by atomic mass is 10.1. The number of hydrogen-bond acceptors (Lipinski definition) is 4. The standard InChI is InChI=1S/C17H25N3O4S/c1-11-4-7-15(8-12(11)2)25(23,24)19-10-16(21)18-9-17(22)20-13(3)14-5-6-14/h4,7-8,13-14,19H,5-6,9-10H2,1-3H3,(H,18,21)(H,20,22)/t13-/m0/s1. The van der Waals surface area contributed by atoms with Crippen molar-refractivity contribution in [2.24, 2.45) is 5.92 Å². The molecule has 1 atom stereocenters. The molecule has 0 aliphatic heterocycles. The Balaban J connectivity index is 1.78. The Morgan fingerprint density at radius 1 is 1.12 bits per heavy atom. The highest BCUT2D eigenvalue weighted by Crippen LogP contribution is 2.32. The van der Waals surface area contributed by atoms with Gasteiger partial charge in [-0.3, -0.25) is 9.59 Å². The molecule has 0 bridgehead atoms. The molecule has 0 saturated heterocycles. The van der Waals surface area contributed by atoms with Crippen molar-refractivity contribution in [1.29, 1.82) is 0 Å². The number of nitrogens with one attached hydrogen (secondary N) is 3. The van der Waals surface area contributed by atoms with E-state index >= 15 is 0 Å². The van der Waals surface area contributed by atoms with Crippen LogP contribution in [0.1, 0.15) is 30.9 Å². The fourth-order valence-corrected chi connectivity index (χ4v) is 3.45. The minimum absolute atomic E-state index is 0.104. The van der Waals surface area contributed by atoms with E-state index in [2.05, 4.69) is 15.4 Å². The molecule has 1 saturated carbocycles. The molecule has 3 N–H and O–H groups in total. The third kappa shape index (κ3) is 5.82. The molecule has 138 valence electrons. The SMILES string of the molecule is Cc1ccc(S(=O)(=O)NCC(=O)NCC(=O)N[C@@H](C)C2CC2)cc1C. The van der Waals surface area contributed by atoms with Gasteiger partial charge in [0.25, 0.3) is 0 Å². The van der Waals surface area contributed by atoms with Crippen molar-refractivity contribution in [3.63, 3.8) is 0 Å². The monoisotopic (exact) mass is 367 g/mol. The van der Waals surface area contributed by atoms with Gasteiger partial charge in [-0.1, -0.05) is 6.07 Å². The maximum atomic E-state index is 12.2. The van der Waals surface area contributed by atoms with Crippen LogP contribution in [0.15, 0.2) is 23.1 Å². The van der Waals surface area contributed by atoms with E-state index < -0.39 is 22.5 Å². The van der Waals surface area contributed by atoms with Gasteiger partial charge in [0.05, 0.1) is 18.0 Å². The van der Waals surface area contributed by atoms with Gasteiger partial charge in [0.2, 0.25) is 21.8 Å². The van der Waals surface area contributed by atoms with Gasteiger partial charge in [0, 0.05) is 6.04 Å². The summed E-state index contributed by atoms with van der Waals surface area (Å²) in [4.78, 5) is 23.6. The van der Waals surface area contributed by atoms with Crippen molar-refractivity contribution < 1.29 is 18.0 Å². The molecule has 1 aromatic rings. The highest BCUT2D eigenvalue weighted by Gasteiger charge is 2.28. The summed E-state index contributed by atoms with van der Waals surface area (Å²) in [5.41, 5.74) is 1.84. The maximum absolute atomic E-state index is 12.2. The van der Waals surface area contributed by atoms with Crippen LogP contribution in [0, 0.1) is 19.8 Å². The second-order valence-electron chi connectivity index (χ2n) is 6.54. The number of sulfonamides is 1. The molecule has 0 heterocycles. The van der Waals surface area contributed by atoms with Gasteiger partial charge in [-0.2, -0.15) is 0 Å². The number of benzene rings is 1. The van der Waals surface area contributed by atoms with Crippen molar-refractivity contribution in [2.45, 2.75) is 44.6 Å². The summed E-state index contributed by atoms with van der Waals surface area (Å²) in [6, 6.07) is 4.88. The van der Waals surface area contributed by atoms with Crippen molar-refractivity contribution in [3.05, 3.63) is 29.3 Å². The van der Waals surface area contributed by atoms with Crippen LogP contribution in [-0.4, -0.2) is 39.4 Å². The zero-order chi connectivity index (χ0) is 18.6. The first-order valence-electron chi connectivity index (χ1n) is 8.32. The fraction of sp³-hybridized carbons (Fsp3) is 0.529. The van der Waals surface area contributed by atoms with Crippen LogP contribution >= 0.6 is 0 Å². The Bertz CT molecular complexity index is 757. The Kier molecular flexibility index (Phi) is 6.18. The highest BCUT2D eigenvalue weighted by atomic mass is 32.2. The number of carbonyl (C=O) groups is 2. The Morgan fingerprint density at radius 3 is 2.40 bits per heavy atom. The summed E-state index contributed by atoms with van der Waals surface area (Å²) in [6.07, 6.45) is 2.24.